The van der Waals surface area contributed by atoms with Gasteiger partial charge >= 0.3 is 0 Å². The molecule has 11 rings (SSSR count). The number of hydrogen-bond donors (Lipinski definition) is 0. The van der Waals surface area contributed by atoms with Crippen molar-refractivity contribution < 1.29 is 4.42 Å². The molecule has 0 saturated carbocycles. The third kappa shape index (κ3) is 5.10. The van der Waals surface area contributed by atoms with Crippen LogP contribution in [0.3, 0.4) is 0 Å². The molecule has 0 spiro atoms. The van der Waals surface area contributed by atoms with Gasteiger partial charge in [0.1, 0.15) is 11.2 Å². The number of rotatable bonds is 5. The molecule has 0 N–H and O–H groups in total. The normalized spacial score (nSPS) is 13.0. The van der Waals surface area contributed by atoms with Crippen LogP contribution in [0.4, 0.5) is 0 Å². The molecule has 0 aliphatic heterocycles. The molecule has 264 valence electrons. The van der Waals surface area contributed by atoms with Gasteiger partial charge in [-0.15, -0.1) is 0 Å². The predicted octanol–water partition coefficient (Wildman–Crippen LogP) is 13.6. The van der Waals surface area contributed by atoms with Gasteiger partial charge in [-0.25, -0.2) is 15.0 Å². The standard InChI is InChI=1S/C52H35N3O/c1-52(2)44-21-10-9-18-40(44)41-27-24-37(31-45(41)52)38-19-11-17-36-29-34(23-26-39(36)38)35-25-28-46-43(30-35)48-42(20-12-22-47(48)56-46)51-54-49(32-13-5-3-6-14-32)53-50(55-51)33-15-7-4-8-16-33/h3-31H,1-2H3. The van der Waals surface area contributed by atoms with Crippen molar-refractivity contribution in [3.05, 3.63) is 187 Å². The average molecular weight is 718 g/mol. The van der Waals surface area contributed by atoms with Crippen molar-refractivity contribution in [1.29, 1.82) is 0 Å². The van der Waals surface area contributed by atoms with Crippen LogP contribution in [0.1, 0.15) is 25.0 Å². The first-order valence-corrected chi connectivity index (χ1v) is 19.1. The van der Waals surface area contributed by atoms with E-state index < -0.39 is 0 Å². The van der Waals surface area contributed by atoms with E-state index in [2.05, 4.69) is 117 Å². The van der Waals surface area contributed by atoms with E-state index in [1.807, 2.05) is 72.8 Å². The monoisotopic (exact) mass is 717 g/mol. The van der Waals surface area contributed by atoms with Crippen LogP contribution in [0.2, 0.25) is 0 Å². The summed E-state index contributed by atoms with van der Waals surface area (Å²) in [4.78, 5) is 15.0. The second-order valence-corrected chi connectivity index (χ2v) is 15.2. The highest BCUT2D eigenvalue weighted by Crippen LogP contribution is 2.50. The number of benzene rings is 8. The van der Waals surface area contributed by atoms with Crippen LogP contribution < -0.4 is 0 Å². The Balaban J connectivity index is 1.02. The summed E-state index contributed by atoms with van der Waals surface area (Å²) in [5, 5.41) is 4.44. The van der Waals surface area contributed by atoms with Gasteiger partial charge in [0.05, 0.1) is 0 Å². The number of furan rings is 1. The first-order chi connectivity index (χ1) is 27.5. The Labute approximate surface area is 324 Å². The van der Waals surface area contributed by atoms with Crippen molar-refractivity contribution >= 4 is 32.7 Å². The van der Waals surface area contributed by atoms with Crippen molar-refractivity contribution in [3.63, 3.8) is 0 Å². The molecular formula is C52H35N3O. The summed E-state index contributed by atoms with van der Waals surface area (Å²) in [7, 11) is 0. The zero-order valence-corrected chi connectivity index (χ0v) is 31.0. The molecule has 0 fully saturated rings. The molecule has 4 nitrogen and oxygen atoms in total. The van der Waals surface area contributed by atoms with Crippen LogP contribution in [0.25, 0.3) is 100 Å². The van der Waals surface area contributed by atoms with Gasteiger partial charge in [0.2, 0.25) is 0 Å². The smallest absolute Gasteiger partial charge is 0.164 e. The third-order valence-corrected chi connectivity index (χ3v) is 11.5. The average Bonchev–Trinajstić information content (AvgIpc) is 3.75. The fraction of sp³-hybridized carbons (Fsp3) is 0.0577. The van der Waals surface area contributed by atoms with Crippen molar-refractivity contribution in [2.24, 2.45) is 0 Å². The maximum atomic E-state index is 6.47. The Hall–Kier alpha value is -7.17. The van der Waals surface area contributed by atoms with Crippen LogP contribution in [-0.4, -0.2) is 15.0 Å². The lowest BCUT2D eigenvalue weighted by molar-refractivity contribution is 0.660. The summed E-state index contributed by atoms with van der Waals surface area (Å²) in [6, 6.07) is 62.1. The van der Waals surface area contributed by atoms with Crippen LogP contribution in [0.15, 0.2) is 180 Å². The van der Waals surface area contributed by atoms with Gasteiger partial charge < -0.3 is 4.42 Å². The number of fused-ring (bicyclic) bond motifs is 7. The highest BCUT2D eigenvalue weighted by molar-refractivity contribution is 6.13. The number of hydrogen-bond acceptors (Lipinski definition) is 4. The summed E-state index contributed by atoms with van der Waals surface area (Å²) in [6.07, 6.45) is 0. The van der Waals surface area contributed by atoms with Crippen molar-refractivity contribution in [2.75, 3.05) is 0 Å². The lowest BCUT2D eigenvalue weighted by Crippen LogP contribution is -2.14. The first-order valence-electron chi connectivity index (χ1n) is 19.1. The molecule has 1 aliphatic carbocycles. The molecule has 56 heavy (non-hydrogen) atoms. The van der Waals surface area contributed by atoms with Gasteiger partial charge in [0.25, 0.3) is 0 Å². The van der Waals surface area contributed by atoms with Crippen molar-refractivity contribution in [2.45, 2.75) is 19.3 Å². The van der Waals surface area contributed by atoms with E-state index in [9.17, 15) is 0 Å². The van der Waals surface area contributed by atoms with Gasteiger partial charge in [0, 0.05) is 32.9 Å². The molecule has 0 saturated heterocycles. The number of nitrogens with zero attached hydrogens (tertiary/aromatic N) is 3. The Morgan fingerprint density at radius 3 is 1.77 bits per heavy atom. The second kappa shape index (κ2) is 12.4. The Morgan fingerprint density at radius 2 is 0.982 bits per heavy atom. The topological polar surface area (TPSA) is 51.8 Å². The van der Waals surface area contributed by atoms with Gasteiger partial charge in [-0.1, -0.05) is 159 Å². The van der Waals surface area contributed by atoms with E-state index in [1.165, 1.54) is 44.2 Å². The van der Waals surface area contributed by atoms with Gasteiger partial charge in [-0.3, -0.25) is 0 Å². The second-order valence-electron chi connectivity index (χ2n) is 15.2. The minimum Gasteiger partial charge on any atom is -0.456 e. The highest BCUT2D eigenvalue weighted by atomic mass is 16.3. The van der Waals surface area contributed by atoms with Gasteiger partial charge in [0.15, 0.2) is 17.5 Å². The zero-order chi connectivity index (χ0) is 37.4. The lowest BCUT2D eigenvalue weighted by atomic mass is 9.81. The fourth-order valence-corrected chi connectivity index (χ4v) is 8.71. The van der Waals surface area contributed by atoms with Crippen LogP contribution in [-0.2, 0) is 5.41 Å². The maximum absolute atomic E-state index is 6.47. The third-order valence-electron chi connectivity index (χ3n) is 11.5. The molecule has 0 bridgehead atoms. The molecule has 2 heterocycles. The molecule has 8 aromatic carbocycles. The summed E-state index contributed by atoms with van der Waals surface area (Å²) >= 11 is 0. The van der Waals surface area contributed by atoms with E-state index in [4.69, 9.17) is 19.4 Å². The molecule has 1 aliphatic rings. The summed E-state index contributed by atoms with van der Waals surface area (Å²) in [6.45, 7) is 4.68. The Kier molecular flexibility index (Phi) is 7.17. The molecular weight excluding hydrogens is 683 g/mol. The molecule has 0 amide bonds. The van der Waals surface area contributed by atoms with Crippen LogP contribution in [0.5, 0.6) is 0 Å². The van der Waals surface area contributed by atoms with Crippen LogP contribution >= 0.6 is 0 Å². The number of aromatic nitrogens is 3. The first kappa shape index (κ1) is 32.3. The van der Waals surface area contributed by atoms with Crippen molar-refractivity contribution in [3.8, 4) is 67.5 Å². The Bertz CT molecular complexity index is 3100. The minimum absolute atomic E-state index is 0.0483. The van der Waals surface area contributed by atoms with Gasteiger partial charge in [-0.2, -0.15) is 0 Å². The van der Waals surface area contributed by atoms with E-state index in [0.717, 1.165) is 49.8 Å². The highest BCUT2D eigenvalue weighted by Gasteiger charge is 2.35. The molecule has 4 heteroatoms. The largest absolute Gasteiger partial charge is 0.456 e. The van der Waals surface area contributed by atoms with Gasteiger partial charge in [-0.05, 0) is 85.6 Å². The molecule has 0 radical (unpaired) electrons. The Morgan fingerprint density at radius 1 is 0.375 bits per heavy atom. The van der Waals surface area contributed by atoms with E-state index >= 15 is 0 Å². The summed E-state index contributed by atoms with van der Waals surface area (Å²) < 4.78 is 6.47. The maximum Gasteiger partial charge on any atom is 0.164 e. The van der Waals surface area contributed by atoms with E-state index in [0.29, 0.717) is 17.5 Å². The fourth-order valence-electron chi connectivity index (χ4n) is 8.71. The van der Waals surface area contributed by atoms with Crippen LogP contribution in [0, 0.1) is 0 Å². The van der Waals surface area contributed by atoms with E-state index in [1.54, 1.807) is 0 Å². The van der Waals surface area contributed by atoms with Crippen molar-refractivity contribution in [1.82, 2.24) is 15.0 Å². The SMILES string of the molecule is CC1(C)c2ccccc2-c2ccc(-c3cccc4cc(-c5ccc6oc7cccc(-c8nc(-c9ccccc9)nc(-c9ccccc9)n8)c7c6c5)ccc34)cc21. The molecule has 0 atom stereocenters. The summed E-state index contributed by atoms with van der Waals surface area (Å²) in [5.41, 5.74) is 14.5. The minimum atomic E-state index is -0.0483. The molecule has 2 aromatic heterocycles. The molecule has 0 unspecified atom stereocenters. The molecule has 10 aromatic rings. The van der Waals surface area contributed by atoms with E-state index in [-0.39, 0.29) is 5.41 Å². The summed E-state index contributed by atoms with van der Waals surface area (Å²) in [5.74, 6) is 1.86. The zero-order valence-electron chi connectivity index (χ0n) is 31.0. The lowest BCUT2D eigenvalue weighted by Gasteiger charge is -2.22. The quantitative estimate of drug-likeness (QED) is 0.178. The predicted molar refractivity (Wildman–Crippen MR) is 229 cm³/mol.